The van der Waals surface area contributed by atoms with E-state index in [0.29, 0.717) is 17.8 Å². The summed E-state index contributed by atoms with van der Waals surface area (Å²) in [5.41, 5.74) is 1.11. The normalized spacial score (nSPS) is 21.1. The Bertz CT molecular complexity index is 682. The van der Waals surface area contributed by atoms with Crippen molar-refractivity contribution >= 4 is 40.7 Å². The SMILES string of the molecule is CCNC(=NCC(C)(C)c1cccc(OC)c1)NC1CCCC(S(=O)CC)C1.I. The van der Waals surface area contributed by atoms with E-state index in [9.17, 15) is 4.21 Å². The zero-order valence-electron chi connectivity index (χ0n) is 18.5. The summed E-state index contributed by atoms with van der Waals surface area (Å²) in [4.78, 5) is 4.88. The van der Waals surface area contributed by atoms with E-state index >= 15 is 0 Å². The Labute approximate surface area is 196 Å². The van der Waals surface area contributed by atoms with Gasteiger partial charge in [0, 0.05) is 39.8 Å². The molecular formula is C22H38IN3O2S. The van der Waals surface area contributed by atoms with Crippen LogP contribution in [0, 0.1) is 0 Å². The van der Waals surface area contributed by atoms with Gasteiger partial charge >= 0.3 is 0 Å². The molecule has 1 fully saturated rings. The number of benzene rings is 1. The number of nitrogens with one attached hydrogen (secondary N) is 2. The molecular weight excluding hydrogens is 497 g/mol. The van der Waals surface area contributed by atoms with Crippen LogP contribution in [0.25, 0.3) is 0 Å². The maximum atomic E-state index is 12.2. The molecule has 1 aliphatic carbocycles. The first kappa shape index (κ1) is 26.2. The molecule has 3 atom stereocenters. The van der Waals surface area contributed by atoms with Gasteiger partial charge in [0.05, 0.1) is 13.7 Å². The van der Waals surface area contributed by atoms with Gasteiger partial charge in [-0.3, -0.25) is 9.20 Å². The number of halogens is 1. The molecule has 0 amide bonds. The lowest BCUT2D eigenvalue weighted by Crippen LogP contribution is -2.47. The van der Waals surface area contributed by atoms with Crippen molar-refractivity contribution in [3.05, 3.63) is 29.8 Å². The summed E-state index contributed by atoms with van der Waals surface area (Å²) in [6.07, 6.45) is 4.28. The quantitative estimate of drug-likeness (QED) is 0.297. The first-order valence-electron chi connectivity index (χ1n) is 10.5. The van der Waals surface area contributed by atoms with Crippen LogP contribution in [0.3, 0.4) is 0 Å². The van der Waals surface area contributed by atoms with Crippen molar-refractivity contribution in [1.29, 1.82) is 0 Å². The van der Waals surface area contributed by atoms with E-state index in [1.807, 2.05) is 19.1 Å². The number of hydrogen-bond acceptors (Lipinski definition) is 3. The van der Waals surface area contributed by atoms with Crippen LogP contribution in [0.4, 0.5) is 0 Å². The number of ether oxygens (including phenoxy) is 1. The van der Waals surface area contributed by atoms with E-state index in [0.717, 1.165) is 49.7 Å². The Balaban J connectivity index is 0.00000420. The average molecular weight is 536 g/mol. The molecule has 3 unspecified atom stereocenters. The molecule has 0 saturated heterocycles. The van der Waals surface area contributed by atoms with E-state index in [1.54, 1.807) is 7.11 Å². The molecule has 0 bridgehead atoms. The van der Waals surface area contributed by atoms with Crippen molar-refractivity contribution in [1.82, 2.24) is 10.6 Å². The second kappa shape index (κ2) is 12.8. The van der Waals surface area contributed by atoms with Crippen LogP contribution in [-0.2, 0) is 16.2 Å². The molecule has 29 heavy (non-hydrogen) atoms. The van der Waals surface area contributed by atoms with Gasteiger partial charge in [0.25, 0.3) is 0 Å². The monoisotopic (exact) mass is 535 g/mol. The van der Waals surface area contributed by atoms with E-state index < -0.39 is 10.8 Å². The molecule has 0 aliphatic heterocycles. The number of guanidine groups is 1. The van der Waals surface area contributed by atoms with E-state index in [2.05, 4.69) is 43.5 Å². The molecule has 2 rings (SSSR count). The molecule has 166 valence electrons. The molecule has 1 aromatic rings. The smallest absolute Gasteiger partial charge is 0.191 e. The van der Waals surface area contributed by atoms with Crippen molar-refractivity contribution in [2.45, 2.75) is 70.1 Å². The van der Waals surface area contributed by atoms with Gasteiger partial charge in [-0.15, -0.1) is 24.0 Å². The maximum Gasteiger partial charge on any atom is 0.191 e. The summed E-state index contributed by atoms with van der Waals surface area (Å²) in [6, 6.07) is 8.55. The molecule has 1 aromatic carbocycles. The van der Waals surface area contributed by atoms with Crippen molar-refractivity contribution in [3.8, 4) is 5.75 Å². The van der Waals surface area contributed by atoms with Crippen LogP contribution in [0.2, 0.25) is 0 Å². The van der Waals surface area contributed by atoms with Gasteiger partial charge in [-0.25, -0.2) is 0 Å². The minimum atomic E-state index is -0.711. The zero-order valence-corrected chi connectivity index (χ0v) is 21.6. The summed E-state index contributed by atoms with van der Waals surface area (Å²) in [6.45, 7) is 10.0. The van der Waals surface area contributed by atoms with E-state index in [-0.39, 0.29) is 29.4 Å². The fourth-order valence-corrected chi connectivity index (χ4v) is 5.02. The lowest BCUT2D eigenvalue weighted by Gasteiger charge is -2.31. The Morgan fingerprint density at radius 2 is 2.07 bits per heavy atom. The fourth-order valence-electron chi connectivity index (χ4n) is 3.68. The van der Waals surface area contributed by atoms with Crippen molar-refractivity contribution in [3.63, 3.8) is 0 Å². The van der Waals surface area contributed by atoms with Crippen molar-refractivity contribution in [2.24, 2.45) is 4.99 Å². The third-order valence-corrected chi connectivity index (χ3v) is 7.19. The molecule has 0 radical (unpaired) electrons. The largest absolute Gasteiger partial charge is 0.497 e. The maximum absolute atomic E-state index is 12.2. The van der Waals surface area contributed by atoms with E-state index in [1.165, 1.54) is 5.56 Å². The summed E-state index contributed by atoms with van der Waals surface area (Å²) in [5.74, 6) is 2.48. The highest BCUT2D eigenvalue weighted by atomic mass is 127. The Morgan fingerprint density at radius 3 is 2.72 bits per heavy atom. The van der Waals surface area contributed by atoms with Crippen LogP contribution in [0.1, 0.15) is 58.9 Å². The van der Waals surface area contributed by atoms with Crippen molar-refractivity contribution in [2.75, 3.05) is 26.0 Å². The van der Waals surface area contributed by atoms with Gasteiger partial charge < -0.3 is 15.4 Å². The molecule has 0 spiro atoms. The lowest BCUT2D eigenvalue weighted by molar-refractivity contribution is 0.410. The predicted octanol–water partition coefficient (Wildman–Crippen LogP) is 4.23. The third-order valence-electron chi connectivity index (χ3n) is 5.45. The molecule has 5 nitrogen and oxygen atoms in total. The second-order valence-corrected chi connectivity index (χ2v) is 10.1. The van der Waals surface area contributed by atoms with Gasteiger partial charge in [0.1, 0.15) is 5.75 Å². The number of aliphatic imine (C=N–C) groups is 1. The fraction of sp³-hybridized carbons (Fsp3) is 0.682. The van der Waals surface area contributed by atoms with Crippen LogP contribution >= 0.6 is 24.0 Å². The van der Waals surface area contributed by atoms with Gasteiger partial charge in [0.2, 0.25) is 0 Å². The zero-order chi connectivity index (χ0) is 20.6. The molecule has 0 aromatic heterocycles. The molecule has 7 heteroatoms. The molecule has 2 N–H and O–H groups in total. The van der Waals surface area contributed by atoms with Crippen LogP contribution in [0.5, 0.6) is 5.75 Å². The summed E-state index contributed by atoms with van der Waals surface area (Å²) >= 11 is 0. The first-order chi connectivity index (χ1) is 13.4. The minimum Gasteiger partial charge on any atom is -0.497 e. The highest BCUT2D eigenvalue weighted by molar-refractivity contribution is 14.0. The second-order valence-electron chi connectivity index (χ2n) is 8.11. The Morgan fingerprint density at radius 1 is 1.31 bits per heavy atom. The van der Waals surface area contributed by atoms with Crippen molar-refractivity contribution < 1.29 is 8.95 Å². The number of hydrogen-bond donors (Lipinski definition) is 2. The number of rotatable bonds is 8. The predicted molar refractivity (Wildman–Crippen MR) is 135 cm³/mol. The Kier molecular flexibility index (Phi) is 11.5. The van der Waals surface area contributed by atoms with E-state index in [4.69, 9.17) is 9.73 Å². The highest BCUT2D eigenvalue weighted by Gasteiger charge is 2.26. The first-order valence-corrected chi connectivity index (χ1v) is 11.8. The molecule has 1 aliphatic rings. The molecule has 0 heterocycles. The Hall–Kier alpha value is -0.830. The van der Waals surface area contributed by atoms with Gasteiger partial charge in [0.15, 0.2) is 5.96 Å². The summed E-state index contributed by atoms with van der Waals surface area (Å²) in [7, 11) is 0.984. The van der Waals surface area contributed by atoms with Crippen LogP contribution in [-0.4, -0.2) is 47.4 Å². The number of nitrogens with zero attached hydrogens (tertiary/aromatic N) is 1. The average Bonchev–Trinajstić information content (AvgIpc) is 2.72. The third kappa shape index (κ3) is 8.07. The van der Waals surface area contributed by atoms with Crippen LogP contribution in [0.15, 0.2) is 29.3 Å². The summed E-state index contributed by atoms with van der Waals surface area (Å²) < 4.78 is 17.6. The standard InChI is InChI=1S/C22H37N3O2S.HI/c1-6-23-21(25-18-11-9-13-20(15-18)28(26)7-2)24-16-22(3,4)17-10-8-12-19(14-17)27-5;/h8,10,12,14,18,20H,6-7,9,11,13,15-16H2,1-5H3,(H2,23,24,25);1H. The van der Waals surface area contributed by atoms with Gasteiger partial charge in [-0.2, -0.15) is 0 Å². The topological polar surface area (TPSA) is 62.7 Å². The lowest BCUT2D eigenvalue weighted by atomic mass is 9.84. The summed E-state index contributed by atoms with van der Waals surface area (Å²) in [5, 5.41) is 7.28. The van der Waals surface area contributed by atoms with Gasteiger partial charge in [-0.05, 0) is 43.9 Å². The molecule has 1 saturated carbocycles. The minimum absolute atomic E-state index is 0. The highest BCUT2D eigenvalue weighted by Crippen LogP contribution is 2.27. The van der Waals surface area contributed by atoms with Crippen LogP contribution < -0.4 is 15.4 Å². The van der Waals surface area contributed by atoms with Gasteiger partial charge in [-0.1, -0.05) is 39.3 Å². The number of methoxy groups -OCH3 is 1.